The molecule has 0 amide bonds. The predicted octanol–water partition coefficient (Wildman–Crippen LogP) is -0.280. The van der Waals surface area contributed by atoms with Gasteiger partial charge < -0.3 is 9.88 Å². The van der Waals surface area contributed by atoms with Crippen LogP contribution in [0.5, 0.6) is 0 Å². The fraction of sp³-hybridized carbons (Fsp3) is 0.583. The number of hydrogen-bond donors (Lipinski definition) is 2. The van der Waals surface area contributed by atoms with Crippen molar-refractivity contribution in [3.8, 4) is 0 Å². The molecule has 1 fully saturated rings. The number of aromatic amines is 1. The zero-order chi connectivity index (χ0) is 13.8. The van der Waals surface area contributed by atoms with E-state index in [1.54, 1.807) is 18.7 Å². The Bertz CT molecular complexity index is 651. The molecule has 104 valence electrons. The van der Waals surface area contributed by atoms with Gasteiger partial charge in [-0.2, -0.15) is 0 Å². The smallest absolute Gasteiger partial charge is 0.328 e. The molecule has 0 aromatic carbocycles. The van der Waals surface area contributed by atoms with Gasteiger partial charge in [0.15, 0.2) is 11.2 Å². The monoisotopic (exact) mass is 265 g/mol. The summed E-state index contributed by atoms with van der Waals surface area (Å²) in [6.07, 6.45) is 5.71. The fourth-order valence-corrected chi connectivity index (χ4v) is 2.06. The number of imidazole rings is 1. The molecule has 0 unspecified atom stereocenters. The maximum Gasteiger partial charge on any atom is 0.329 e. The van der Waals surface area contributed by atoms with Crippen molar-refractivity contribution in [1.29, 1.82) is 0 Å². The van der Waals surface area contributed by atoms with Crippen LogP contribution in [0, 0.1) is 0 Å². The van der Waals surface area contributed by atoms with Gasteiger partial charge in [0, 0.05) is 14.1 Å². The Balaban J connectivity index is 0.000000186. The van der Waals surface area contributed by atoms with E-state index in [9.17, 15) is 9.59 Å². The number of nitrogens with zero attached hydrogens (tertiary/aromatic N) is 3. The zero-order valence-electron chi connectivity index (χ0n) is 11.3. The molecule has 2 N–H and O–H groups in total. The second-order valence-electron chi connectivity index (χ2n) is 4.66. The molecule has 0 radical (unpaired) electrons. The molecular formula is C12H19N5O2. The Morgan fingerprint density at radius 1 is 1.16 bits per heavy atom. The van der Waals surface area contributed by atoms with E-state index in [0.29, 0.717) is 11.2 Å². The zero-order valence-corrected chi connectivity index (χ0v) is 11.3. The van der Waals surface area contributed by atoms with Crippen LogP contribution >= 0.6 is 0 Å². The van der Waals surface area contributed by atoms with Crippen molar-refractivity contribution in [3.63, 3.8) is 0 Å². The van der Waals surface area contributed by atoms with Crippen molar-refractivity contribution in [1.82, 2.24) is 24.4 Å². The average Bonchev–Trinajstić information content (AvgIpc) is 2.82. The van der Waals surface area contributed by atoms with E-state index >= 15 is 0 Å². The molecule has 0 atom stereocenters. The van der Waals surface area contributed by atoms with Gasteiger partial charge in [-0.1, -0.05) is 6.42 Å². The molecular weight excluding hydrogens is 246 g/mol. The molecule has 1 aliphatic heterocycles. The first-order chi connectivity index (χ1) is 9.11. The Kier molecular flexibility index (Phi) is 4.16. The lowest BCUT2D eigenvalue weighted by atomic mass is 10.2. The van der Waals surface area contributed by atoms with Crippen molar-refractivity contribution in [3.05, 3.63) is 27.2 Å². The summed E-state index contributed by atoms with van der Waals surface area (Å²) in [5.41, 5.74) is -0.0485. The number of rotatable bonds is 0. The van der Waals surface area contributed by atoms with Crippen LogP contribution in [0.25, 0.3) is 11.2 Å². The van der Waals surface area contributed by atoms with Crippen molar-refractivity contribution < 1.29 is 0 Å². The van der Waals surface area contributed by atoms with Crippen LogP contribution in [-0.4, -0.2) is 32.2 Å². The van der Waals surface area contributed by atoms with Crippen LogP contribution in [0.15, 0.2) is 15.9 Å². The van der Waals surface area contributed by atoms with Crippen LogP contribution in [-0.2, 0) is 14.1 Å². The van der Waals surface area contributed by atoms with Crippen LogP contribution in [0.4, 0.5) is 0 Å². The Morgan fingerprint density at radius 3 is 2.37 bits per heavy atom. The summed E-state index contributed by atoms with van der Waals surface area (Å²) in [7, 11) is 3.27. The fourth-order valence-electron chi connectivity index (χ4n) is 2.06. The molecule has 0 spiro atoms. The molecule has 7 nitrogen and oxygen atoms in total. The van der Waals surface area contributed by atoms with E-state index in [2.05, 4.69) is 15.3 Å². The molecule has 3 rings (SSSR count). The highest BCUT2D eigenvalue weighted by molar-refractivity contribution is 5.69. The number of aromatic nitrogens is 4. The molecule has 1 saturated heterocycles. The lowest BCUT2D eigenvalue weighted by molar-refractivity contribution is 0.520. The maximum atomic E-state index is 11.3. The van der Waals surface area contributed by atoms with Crippen molar-refractivity contribution in [2.24, 2.45) is 14.1 Å². The highest BCUT2D eigenvalue weighted by Gasteiger charge is 2.08. The molecule has 2 aromatic rings. The van der Waals surface area contributed by atoms with E-state index in [1.165, 1.54) is 43.2 Å². The summed E-state index contributed by atoms with van der Waals surface area (Å²) in [5, 5.41) is 3.28. The van der Waals surface area contributed by atoms with Gasteiger partial charge in [-0.15, -0.1) is 0 Å². The number of H-pyrrole nitrogens is 1. The number of nitrogens with one attached hydrogen (secondary N) is 2. The molecule has 1 aliphatic rings. The van der Waals surface area contributed by atoms with Crippen molar-refractivity contribution >= 4 is 11.2 Å². The van der Waals surface area contributed by atoms with E-state index in [-0.39, 0.29) is 0 Å². The molecule has 0 bridgehead atoms. The Labute approximate surface area is 110 Å². The van der Waals surface area contributed by atoms with Crippen LogP contribution in [0.3, 0.4) is 0 Å². The SMILES string of the molecule is C1CCNCC1.Cn1cnc2c1c(=O)[nH]c(=O)n2C. The minimum atomic E-state index is -0.448. The van der Waals surface area contributed by atoms with Gasteiger partial charge in [-0.05, 0) is 25.9 Å². The summed E-state index contributed by atoms with van der Waals surface area (Å²) >= 11 is 0. The van der Waals surface area contributed by atoms with E-state index < -0.39 is 11.2 Å². The predicted molar refractivity (Wildman–Crippen MR) is 73.3 cm³/mol. The normalized spacial score (nSPS) is 15.1. The minimum Gasteiger partial charge on any atom is -0.328 e. The number of piperidine rings is 1. The first kappa shape index (κ1) is 13.5. The molecule has 3 heterocycles. The van der Waals surface area contributed by atoms with Gasteiger partial charge in [0.05, 0.1) is 6.33 Å². The third-order valence-electron chi connectivity index (χ3n) is 3.18. The van der Waals surface area contributed by atoms with Gasteiger partial charge in [0.2, 0.25) is 0 Å². The first-order valence-corrected chi connectivity index (χ1v) is 6.42. The summed E-state index contributed by atoms with van der Waals surface area (Å²) in [5.74, 6) is 0. The third-order valence-corrected chi connectivity index (χ3v) is 3.18. The summed E-state index contributed by atoms with van der Waals surface area (Å²) < 4.78 is 2.88. The number of hydrogen-bond acceptors (Lipinski definition) is 4. The molecule has 2 aromatic heterocycles. The highest BCUT2D eigenvalue weighted by atomic mass is 16.2. The van der Waals surface area contributed by atoms with Crippen molar-refractivity contribution in [2.75, 3.05) is 13.1 Å². The Hall–Kier alpha value is -1.89. The largest absolute Gasteiger partial charge is 0.329 e. The topological polar surface area (TPSA) is 84.7 Å². The van der Waals surface area contributed by atoms with Gasteiger partial charge in [-0.3, -0.25) is 14.3 Å². The van der Waals surface area contributed by atoms with Gasteiger partial charge in [0.1, 0.15) is 0 Å². The standard InChI is InChI=1S/C7H8N4O2.C5H11N/c1-10-3-8-5-4(10)6(12)9-7(13)11(5)2;1-2-4-6-5-3-1/h3H,1-2H3,(H,9,12,13);6H,1-5H2. The minimum absolute atomic E-state index is 0.399. The van der Waals surface area contributed by atoms with Crippen LogP contribution in [0.1, 0.15) is 19.3 Å². The van der Waals surface area contributed by atoms with Gasteiger partial charge >= 0.3 is 5.69 Å². The lowest BCUT2D eigenvalue weighted by Crippen LogP contribution is -2.28. The summed E-state index contributed by atoms with van der Waals surface area (Å²) in [6.45, 7) is 2.50. The number of aryl methyl sites for hydroxylation is 2. The molecule has 19 heavy (non-hydrogen) atoms. The van der Waals surface area contributed by atoms with E-state index in [1.807, 2.05) is 0 Å². The third kappa shape index (κ3) is 2.93. The lowest BCUT2D eigenvalue weighted by Gasteiger charge is -2.08. The van der Waals surface area contributed by atoms with Crippen LogP contribution in [0.2, 0.25) is 0 Å². The second kappa shape index (κ2) is 5.83. The first-order valence-electron chi connectivity index (χ1n) is 6.42. The quantitative estimate of drug-likeness (QED) is 0.686. The average molecular weight is 265 g/mol. The van der Waals surface area contributed by atoms with Gasteiger partial charge in [-0.25, -0.2) is 9.78 Å². The molecule has 0 aliphatic carbocycles. The molecule has 7 heteroatoms. The maximum absolute atomic E-state index is 11.3. The van der Waals surface area contributed by atoms with E-state index in [4.69, 9.17) is 0 Å². The van der Waals surface area contributed by atoms with Crippen LogP contribution < -0.4 is 16.6 Å². The van der Waals surface area contributed by atoms with E-state index in [0.717, 1.165) is 0 Å². The Morgan fingerprint density at radius 2 is 1.84 bits per heavy atom. The highest BCUT2D eigenvalue weighted by Crippen LogP contribution is 2.00. The summed E-state index contributed by atoms with van der Waals surface area (Å²) in [4.78, 5) is 28.6. The van der Waals surface area contributed by atoms with Crippen molar-refractivity contribution in [2.45, 2.75) is 19.3 Å². The van der Waals surface area contributed by atoms with Gasteiger partial charge in [0.25, 0.3) is 5.56 Å². The second-order valence-corrected chi connectivity index (χ2v) is 4.66. The summed E-state index contributed by atoms with van der Waals surface area (Å²) in [6, 6.07) is 0. The number of fused-ring (bicyclic) bond motifs is 1. The molecule has 0 saturated carbocycles.